The Bertz CT molecular complexity index is 363. The molecule has 0 aromatic rings. The zero-order chi connectivity index (χ0) is 14.1. The van der Waals surface area contributed by atoms with Crippen molar-refractivity contribution < 1.29 is 15.0 Å². The van der Waals surface area contributed by atoms with Gasteiger partial charge < -0.3 is 15.5 Å². The van der Waals surface area contributed by atoms with Crippen molar-refractivity contribution >= 4 is 5.91 Å². The Labute approximate surface area is 120 Å². The second kappa shape index (κ2) is 6.00. The molecule has 20 heavy (non-hydrogen) atoms. The number of nitrogens with zero attached hydrogens (tertiary/aromatic N) is 1. The fourth-order valence-electron chi connectivity index (χ4n) is 4.07. The summed E-state index contributed by atoms with van der Waals surface area (Å²) in [5.41, 5.74) is 0. The molecule has 3 N–H and O–H groups in total. The van der Waals surface area contributed by atoms with Crippen molar-refractivity contribution in [1.82, 2.24) is 10.2 Å². The monoisotopic (exact) mass is 282 g/mol. The van der Waals surface area contributed by atoms with Crippen LogP contribution in [0.4, 0.5) is 0 Å². The van der Waals surface area contributed by atoms with E-state index in [-0.39, 0.29) is 30.7 Å². The first-order valence-electron chi connectivity index (χ1n) is 8.03. The van der Waals surface area contributed by atoms with Crippen molar-refractivity contribution in [3.63, 3.8) is 0 Å². The third-order valence-corrected chi connectivity index (χ3v) is 5.30. The Hall–Kier alpha value is -0.650. The van der Waals surface area contributed by atoms with Crippen LogP contribution in [0.5, 0.6) is 0 Å². The normalized spacial score (nSPS) is 45.6. The highest BCUT2D eigenvalue weighted by Crippen LogP contribution is 2.37. The molecule has 0 bridgehead atoms. The number of piperidine rings is 1. The molecule has 0 saturated carbocycles. The Morgan fingerprint density at radius 1 is 1.25 bits per heavy atom. The minimum absolute atomic E-state index is 0.182. The van der Waals surface area contributed by atoms with E-state index in [9.17, 15) is 15.0 Å². The molecule has 3 fully saturated rings. The molecule has 0 aromatic carbocycles. The Morgan fingerprint density at radius 2 is 2.10 bits per heavy atom. The van der Waals surface area contributed by atoms with Crippen molar-refractivity contribution in [3.05, 3.63) is 0 Å². The third-order valence-electron chi connectivity index (χ3n) is 5.30. The minimum atomic E-state index is -0.237. The van der Waals surface area contributed by atoms with Crippen molar-refractivity contribution in [3.8, 4) is 0 Å². The summed E-state index contributed by atoms with van der Waals surface area (Å²) in [5, 5.41) is 22.6. The molecule has 3 saturated heterocycles. The largest absolute Gasteiger partial charge is 0.395 e. The highest BCUT2D eigenvalue weighted by atomic mass is 16.3. The molecule has 114 valence electrons. The summed E-state index contributed by atoms with van der Waals surface area (Å²) in [6.07, 6.45) is 6.21. The smallest absolute Gasteiger partial charge is 0.220 e. The predicted molar refractivity (Wildman–Crippen MR) is 75.1 cm³/mol. The van der Waals surface area contributed by atoms with E-state index in [1.807, 2.05) is 0 Å². The van der Waals surface area contributed by atoms with Crippen LogP contribution in [-0.4, -0.2) is 58.4 Å². The van der Waals surface area contributed by atoms with Gasteiger partial charge in [0.15, 0.2) is 0 Å². The van der Waals surface area contributed by atoms with Crippen LogP contribution in [0.3, 0.4) is 0 Å². The van der Waals surface area contributed by atoms with Gasteiger partial charge in [0.1, 0.15) is 0 Å². The van der Waals surface area contributed by atoms with E-state index in [0.29, 0.717) is 18.4 Å². The maximum Gasteiger partial charge on any atom is 0.220 e. The molecule has 0 radical (unpaired) electrons. The van der Waals surface area contributed by atoms with Gasteiger partial charge in [-0.2, -0.15) is 0 Å². The zero-order valence-electron chi connectivity index (χ0n) is 12.0. The molecule has 3 heterocycles. The van der Waals surface area contributed by atoms with E-state index in [0.717, 1.165) is 45.1 Å². The lowest BCUT2D eigenvalue weighted by molar-refractivity contribution is -0.123. The molecule has 0 aliphatic carbocycles. The van der Waals surface area contributed by atoms with Gasteiger partial charge in [0.2, 0.25) is 5.91 Å². The van der Waals surface area contributed by atoms with Crippen LogP contribution in [0.15, 0.2) is 0 Å². The average molecular weight is 282 g/mol. The Morgan fingerprint density at radius 3 is 2.85 bits per heavy atom. The van der Waals surface area contributed by atoms with Gasteiger partial charge in [-0.25, -0.2) is 0 Å². The maximum atomic E-state index is 11.6. The lowest BCUT2D eigenvalue weighted by Gasteiger charge is -2.31. The van der Waals surface area contributed by atoms with Gasteiger partial charge in [0.25, 0.3) is 0 Å². The molecule has 3 rings (SSSR count). The number of hydrogen-bond donors (Lipinski definition) is 3. The van der Waals surface area contributed by atoms with E-state index >= 15 is 0 Å². The highest BCUT2D eigenvalue weighted by Gasteiger charge is 2.49. The van der Waals surface area contributed by atoms with Gasteiger partial charge in [0, 0.05) is 31.1 Å². The minimum Gasteiger partial charge on any atom is -0.395 e. The molecule has 0 aromatic heterocycles. The lowest BCUT2D eigenvalue weighted by Crippen LogP contribution is -2.45. The van der Waals surface area contributed by atoms with Crippen LogP contribution in [0.25, 0.3) is 0 Å². The van der Waals surface area contributed by atoms with E-state index in [1.54, 1.807) is 0 Å². The van der Waals surface area contributed by atoms with Crippen molar-refractivity contribution in [1.29, 1.82) is 0 Å². The number of aliphatic hydroxyl groups excluding tert-OH is 2. The molecule has 6 unspecified atom stereocenters. The number of amides is 1. The number of nitrogens with one attached hydrogen (secondary N) is 1. The zero-order valence-corrected chi connectivity index (χ0v) is 12.0. The van der Waals surface area contributed by atoms with Crippen molar-refractivity contribution in [2.75, 3.05) is 13.2 Å². The van der Waals surface area contributed by atoms with Gasteiger partial charge in [-0.15, -0.1) is 0 Å². The highest BCUT2D eigenvalue weighted by molar-refractivity contribution is 5.76. The lowest BCUT2D eigenvalue weighted by atomic mass is 9.87. The second-order valence-electron chi connectivity index (χ2n) is 6.66. The van der Waals surface area contributed by atoms with Crippen molar-refractivity contribution in [2.45, 2.75) is 69.2 Å². The molecule has 3 aliphatic rings. The molecule has 5 nitrogen and oxygen atoms in total. The van der Waals surface area contributed by atoms with Crippen LogP contribution in [0, 0.1) is 5.92 Å². The molecular weight excluding hydrogens is 256 g/mol. The maximum absolute atomic E-state index is 11.6. The number of fused-ring (bicyclic) bond motifs is 1. The summed E-state index contributed by atoms with van der Waals surface area (Å²) in [6.45, 7) is 1.13. The summed E-state index contributed by atoms with van der Waals surface area (Å²) in [5.74, 6) is 0.644. The molecule has 0 spiro atoms. The third kappa shape index (κ3) is 3.00. The van der Waals surface area contributed by atoms with Gasteiger partial charge in [-0.05, 0) is 38.0 Å². The topological polar surface area (TPSA) is 72.6 Å². The first-order chi connectivity index (χ1) is 9.69. The number of aliphatic hydroxyl groups is 2. The van der Waals surface area contributed by atoms with Gasteiger partial charge in [0.05, 0.1) is 12.7 Å². The van der Waals surface area contributed by atoms with Crippen LogP contribution in [0.1, 0.15) is 44.9 Å². The first-order valence-corrected chi connectivity index (χ1v) is 8.03. The molecule has 1 amide bonds. The standard InChI is InChI=1S/C15H26N2O3/c18-9-14-13-7-11(19)4-1-3-10(8-17(13)14)12-5-2-6-15(20)16-12/h10-14,18-19H,1-9H2,(H,16,20). The number of carbonyl (C=O) groups excluding carboxylic acids is 1. The molecular formula is C15H26N2O3. The Balaban J connectivity index is 1.65. The number of hydrogen-bond acceptors (Lipinski definition) is 4. The second-order valence-corrected chi connectivity index (χ2v) is 6.66. The average Bonchev–Trinajstić information content (AvgIpc) is 3.06. The summed E-state index contributed by atoms with van der Waals surface area (Å²) in [4.78, 5) is 13.9. The Kier molecular flexibility index (Phi) is 4.29. The van der Waals surface area contributed by atoms with Gasteiger partial charge in [-0.3, -0.25) is 9.69 Å². The van der Waals surface area contributed by atoms with E-state index in [1.165, 1.54) is 0 Å². The summed E-state index contributed by atoms with van der Waals surface area (Å²) >= 11 is 0. The van der Waals surface area contributed by atoms with Crippen LogP contribution < -0.4 is 5.32 Å². The molecule has 3 aliphatic heterocycles. The number of rotatable bonds is 2. The fourth-order valence-corrected chi connectivity index (χ4v) is 4.07. The van der Waals surface area contributed by atoms with Gasteiger partial charge >= 0.3 is 0 Å². The fraction of sp³-hybridized carbons (Fsp3) is 0.933. The summed E-state index contributed by atoms with van der Waals surface area (Å²) in [6, 6.07) is 0.853. The van der Waals surface area contributed by atoms with Crippen LogP contribution >= 0.6 is 0 Å². The van der Waals surface area contributed by atoms with Gasteiger partial charge in [-0.1, -0.05) is 6.42 Å². The molecule has 5 heteroatoms. The quantitative estimate of drug-likeness (QED) is 0.635. The van der Waals surface area contributed by atoms with E-state index in [2.05, 4.69) is 10.2 Å². The van der Waals surface area contributed by atoms with E-state index in [4.69, 9.17) is 0 Å². The van der Waals surface area contributed by atoms with Crippen LogP contribution in [0.2, 0.25) is 0 Å². The number of carbonyl (C=O) groups is 1. The van der Waals surface area contributed by atoms with E-state index < -0.39 is 0 Å². The first kappa shape index (κ1) is 14.3. The summed E-state index contributed by atoms with van der Waals surface area (Å²) in [7, 11) is 0. The SMILES string of the molecule is O=C1CCCC(C2CCCC(O)CC3C(CO)N3C2)N1. The van der Waals surface area contributed by atoms with Crippen LogP contribution in [-0.2, 0) is 4.79 Å². The summed E-state index contributed by atoms with van der Waals surface area (Å²) < 4.78 is 0. The predicted octanol–water partition coefficient (Wildman–Crippen LogP) is 0.251. The van der Waals surface area contributed by atoms with Crippen molar-refractivity contribution in [2.24, 2.45) is 5.92 Å². The molecule has 6 atom stereocenters.